The SMILES string of the molecule is O=C(O)C1CCC(NC(c2ccccc2F)C2CCCC2)CC1. The van der Waals surface area contributed by atoms with Crippen molar-refractivity contribution in [1.29, 1.82) is 0 Å². The molecule has 0 aliphatic heterocycles. The van der Waals surface area contributed by atoms with Crippen molar-refractivity contribution in [3.63, 3.8) is 0 Å². The molecule has 0 aromatic heterocycles. The lowest BCUT2D eigenvalue weighted by Crippen LogP contribution is -2.39. The number of rotatable bonds is 5. The molecule has 0 amide bonds. The summed E-state index contributed by atoms with van der Waals surface area (Å²) in [4.78, 5) is 11.1. The number of nitrogens with one attached hydrogen (secondary N) is 1. The molecule has 3 nitrogen and oxygen atoms in total. The van der Waals surface area contributed by atoms with E-state index in [-0.39, 0.29) is 17.8 Å². The van der Waals surface area contributed by atoms with Crippen LogP contribution in [0, 0.1) is 17.7 Å². The third kappa shape index (κ3) is 3.92. The van der Waals surface area contributed by atoms with Crippen LogP contribution in [-0.2, 0) is 4.79 Å². The lowest BCUT2D eigenvalue weighted by molar-refractivity contribution is -0.142. The number of aliphatic carboxylic acids is 1. The third-order valence-corrected chi connectivity index (χ3v) is 5.60. The zero-order valence-electron chi connectivity index (χ0n) is 13.5. The van der Waals surface area contributed by atoms with Crippen LogP contribution < -0.4 is 5.32 Å². The molecule has 0 bridgehead atoms. The molecular weight excluding hydrogens is 293 g/mol. The average Bonchev–Trinajstić information content (AvgIpc) is 3.08. The Bertz CT molecular complexity index is 534. The number of benzene rings is 1. The molecule has 2 aliphatic rings. The van der Waals surface area contributed by atoms with Gasteiger partial charge in [-0.05, 0) is 50.5 Å². The van der Waals surface area contributed by atoms with Gasteiger partial charge in [0.15, 0.2) is 0 Å². The summed E-state index contributed by atoms with van der Waals surface area (Å²) >= 11 is 0. The molecular formula is C19H26FNO2. The first-order chi connectivity index (χ1) is 11.1. The van der Waals surface area contributed by atoms with Gasteiger partial charge in [-0.1, -0.05) is 31.0 Å². The molecule has 2 N–H and O–H groups in total. The van der Waals surface area contributed by atoms with Gasteiger partial charge in [0.1, 0.15) is 5.82 Å². The Balaban J connectivity index is 1.70. The Morgan fingerprint density at radius 1 is 1.09 bits per heavy atom. The standard InChI is InChI=1S/C19H26FNO2/c20-17-8-4-3-7-16(17)18(13-5-1-2-6-13)21-15-11-9-14(10-12-15)19(22)23/h3-4,7-8,13-15,18,21H,1-2,5-6,9-12H2,(H,22,23). The highest BCUT2D eigenvalue weighted by molar-refractivity contribution is 5.70. The van der Waals surface area contributed by atoms with Gasteiger partial charge in [0, 0.05) is 17.6 Å². The Kier molecular flexibility index (Phi) is 5.31. The van der Waals surface area contributed by atoms with Crippen LogP contribution in [-0.4, -0.2) is 17.1 Å². The topological polar surface area (TPSA) is 49.3 Å². The maximum absolute atomic E-state index is 14.3. The Hall–Kier alpha value is -1.42. The van der Waals surface area contributed by atoms with Crippen LogP contribution in [0.4, 0.5) is 4.39 Å². The van der Waals surface area contributed by atoms with Gasteiger partial charge in [-0.2, -0.15) is 0 Å². The van der Waals surface area contributed by atoms with Gasteiger partial charge >= 0.3 is 5.97 Å². The maximum Gasteiger partial charge on any atom is 0.306 e. The predicted octanol–water partition coefficient (Wildman–Crippen LogP) is 4.29. The van der Waals surface area contributed by atoms with E-state index in [4.69, 9.17) is 5.11 Å². The van der Waals surface area contributed by atoms with E-state index in [0.29, 0.717) is 12.0 Å². The molecule has 0 heterocycles. The van der Waals surface area contributed by atoms with E-state index in [2.05, 4.69) is 5.32 Å². The van der Waals surface area contributed by atoms with Crippen molar-refractivity contribution in [2.75, 3.05) is 0 Å². The zero-order chi connectivity index (χ0) is 16.2. The summed E-state index contributed by atoms with van der Waals surface area (Å²) in [6.45, 7) is 0. The van der Waals surface area contributed by atoms with Gasteiger partial charge in [-0.3, -0.25) is 4.79 Å². The first-order valence-electron chi connectivity index (χ1n) is 8.88. The summed E-state index contributed by atoms with van der Waals surface area (Å²) in [6.07, 6.45) is 7.94. The smallest absolute Gasteiger partial charge is 0.306 e. The van der Waals surface area contributed by atoms with Crippen molar-refractivity contribution in [3.05, 3.63) is 35.6 Å². The zero-order valence-corrected chi connectivity index (χ0v) is 13.5. The predicted molar refractivity (Wildman–Crippen MR) is 87.6 cm³/mol. The second-order valence-corrected chi connectivity index (χ2v) is 7.10. The fourth-order valence-electron chi connectivity index (χ4n) is 4.26. The minimum absolute atomic E-state index is 0.0603. The molecule has 1 unspecified atom stereocenters. The van der Waals surface area contributed by atoms with Crippen LogP contribution >= 0.6 is 0 Å². The lowest BCUT2D eigenvalue weighted by Gasteiger charge is -2.34. The van der Waals surface area contributed by atoms with Gasteiger partial charge in [0.05, 0.1) is 5.92 Å². The van der Waals surface area contributed by atoms with Gasteiger partial charge in [0.2, 0.25) is 0 Å². The van der Waals surface area contributed by atoms with Crippen LogP contribution in [0.2, 0.25) is 0 Å². The fourth-order valence-corrected chi connectivity index (χ4v) is 4.26. The molecule has 0 spiro atoms. The van der Waals surface area contributed by atoms with Crippen molar-refractivity contribution in [3.8, 4) is 0 Å². The molecule has 0 radical (unpaired) electrons. The minimum atomic E-state index is -0.676. The molecule has 2 aliphatic carbocycles. The summed E-state index contributed by atoms with van der Waals surface area (Å²) in [7, 11) is 0. The Morgan fingerprint density at radius 2 is 1.74 bits per heavy atom. The Morgan fingerprint density at radius 3 is 2.35 bits per heavy atom. The molecule has 1 aromatic carbocycles. The first-order valence-corrected chi connectivity index (χ1v) is 8.88. The highest BCUT2D eigenvalue weighted by Gasteiger charge is 2.32. The van der Waals surface area contributed by atoms with Crippen LogP contribution in [0.25, 0.3) is 0 Å². The average molecular weight is 319 g/mol. The van der Waals surface area contributed by atoms with E-state index < -0.39 is 5.97 Å². The van der Waals surface area contributed by atoms with Crippen molar-refractivity contribution in [2.24, 2.45) is 11.8 Å². The quantitative estimate of drug-likeness (QED) is 0.851. The monoisotopic (exact) mass is 319 g/mol. The summed E-state index contributed by atoms with van der Waals surface area (Å²) in [5, 5.41) is 12.8. The number of carbonyl (C=O) groups is 1. The first kappa shape index (κ1) is 16.4. The van der Waals surface area contributed by atoms with E-state index in [9.17, 15) is 9.18 Å². The van der Waals surface area contributed by atoms with Crippen molar-refractivity contribution < 1.29 is 14.3 Å². The third-order valence-electron chi connectivity index (χ3n) is 5.60. The molecule has 23 heavy (non-hydrogen) atoms. The number of halogens is 1. The van der Waals surface area contributed by atoms with Crippen molar-refractivity contribution in [2.45, 2.75) is 63.5 Å². The normalized spacial score (nSPS) is 27.0. The molecule has 3 rings (SSSR count). The minimum Gasteiger partial charge on any atom is -0.481 e. The molecule has 2 fully saturated rings. The molecule has 0 saturated heterocycles. The highest BCUT2D eigenvalue weighted by atomic mass is 19.1. The van der Waals surface area contributed by atoms with Crippen LogP contribution in [0.5, 0.6) is 0 Å². The van der Waals surface area contributed by atoms with Crippen LogP contribution in [0.3, 0.4) is 0 Å². The van der Waals surface area contributed by atoms with E-state index in [1.54, 1.807) is 12.1 Å². The number of carboxylic acids is 1. The highest BCUT2D eigenvalue weighted by Crippen LogP contribution is 2.38. The van der Waals surface area contributed by atoms with Gasteiger partial charge < -0.3 is 10.4 Å². The summed E-state index contributed by atoms with van der Waals surface area (Å²) in [5.41, 5.74) is 0.778. The molecule has 1 aromatic rings. The number of hydrogen-bond acceptors (Lipinski definition) is 2. The van der Waals surface area contributed by atoms with Gasteiger partial charge in [-0.15, -0.1) is 0 Å². The molecule has 2 saturated carbocycles. The van der Waals surface area contributed by atoms with E-state index in [1.165, 1.54) is 12.8 Å². The van der Waals surface area contributed by atoms with Gasteiger partial charge in [0.25, 0.3) is 0 Å². The Labute approximate surface area is 137 Å². The van der Waals surface area contributed by atoms with Gasteiger partial charge in [-0.25, -0.2) is 4.39 Å². The molecule has 4 heteroatoms. The fraction of sp³-hybridized carbons (Fsp3) is 0.632. The van der Waals surface area contributed by atoms with Crippen LogP contribution in [0.1, 0.15) is 63.0 Å². The summed E-state index contributed by atoms with van der Waals surface area (Å²) in [6, 6.07) is 7.45. The van der Waals surface area contributed by atoms with E-state index in [1.807, 2.05) is 12.1 Å². The van der Waals surface area contributed by atoms with Crippen molar-refractivity contribution in [1.82, 2.24) is 5.32 Å². The summed E-state index contributed by atoms with van der Waals surface area (Å²) < 4.78 is 14.3. The maximum atomic E-state index is 14.3. The van der Waals surface area contributed by atoms with E-state index >= 15 is 0 Å². The van der Waals surface area contributed by atoms with E-state index in [0.717, 1.165) is 44.1 Å². The second-order valence-electron chi connectivity index (χ2n) is 7.10. The number of hydrogen-bond donors (Lipinski definition) is 2. The summed E-state index contributed by atoms with van der Waals surface area (Å²) in [5.74, 6) is -0.517. The molecule has 126 valence electrons. The van der Waals surface area contributed by atoms with Crippen LogP contribution in [0.15, 0.2) is 24.3 Å². The number of carboxylic acid groups (broad SMARTS) is 1. The second kappa shape index (κ2) is 7.43. The lowest BCUT2D eigenvalue weighted by atomic mass is 9.84. The van der Waals surface area contributed by atoms with Crippen molar-refractivity contribution >= 4 is 5.97 Å². The largest absolute Gasteiger partial charge is 0.481 e. The molecule has 1 atom stereocenters.